The van der Waals surface area contributed by atoms with Crippen molar-refractivity contribution in [3.63, 3.8) is 0 Å². The number of thiophene rings is 1. The van der Waals surface area contributed by atoms with Crippen LogP contribution in [0.25, 0.3) is 5.76 Å². The van der Waals surface area contributed by atoms with Gasteiger partial charge in [0.05, 0.1) is 5.57 Å². The van der Waals surface area contributed by atoms with Gasteiger partial charge in [0.1, 0.15) is 23.1 Å². The van der Waals surface area contributed by atoms with Gasteiger partial charge in [-0.2, -0.15) is 0 Å². The van der Waals surface area contributed by atoms with Crippen molar-refractivity contribution in [2.45, 2.75) is 6.04 Å². The molecule has 1 saturated heterocycles. The number of amides is 1. The third-order valence-electron chi connectivity index (χ3n) is 3.93. The Labute approximate surface area is 154 Å². The number of halogens is 1. The van der Waals surface area contributed by atoms with E-state index < -0.39 is 23.5 Å². The zero-order chi connectivity index (χ0) is 18.3. The molecule has 1 aliphatic rings. The zero-order valence-corrected chi connectivity index (χ0v) is 14.6. The van der Waals surface area contributed by atoms with Crippen LogP contribution in [-0.4, -0.2) is 27.0 Å². The summed E-state index contributed by atoms with van der Waals surface area (Å²) in [5.74, 6) is -2.43. The van der Waals surface area contributed by atoms with E-state index in [1.807, 2.05) is 5.38 Å². The minimum atomic E-state index is -0.819. The van der Waals surface area contributed by atoms with Gasteiger partial charge in [-0.15, -0.1) is 21.5 Å². The minimum absolute atomic E-state index is 0.0562. The molecular weight excluding hydrogens is 377 g/mol. The predicted octanol–water partition coefficient (Wildman–Crippen LogP) is 3.37. The van der Waals surface area contributed by atoms with E-state index in [9.17, 15) is 19.1 Å². The van der Waals surface area contributed by atoms with Crippen molar-refractivity contribution in [3.05, 3.63) is 69.1 Å². The monoisotopic (exact) mass is 387 g/mol. The quantitative estimate of drug-likeness (QED) is 0.423. The average molecular weight is 387 g/mol. The Morgan fingerprint density at radius 3 is 2.54 bits per heavy atom. The standard InChI is InChI=1S/C17H10FN3O3S2/c18-10-5-3-9(4-6-10)14(22)12-13(11-2-1-7-25-11)21(16(24)15(12)23)17-20-19-8-26-17/h1-8,13,22H/b14-12+. The smallest absolute Gasteiger partial charge is 0.301 e. The summed E-state index contributed by atoms with van der Waals surface area (Å²) in [7, 11) is 0. The summed E-state index contributed by atoms with van der Waals surface area (Å²) in [5.41, 5.74) is 1.66. The van der Waals surface area contributed by atoms with E-state index in [4.69, 9.17) is 0 Å². The predicted molar refractivity (Wildman–Crippen MR) is 95.4 cm³/mol. The maximum atomic E-state index is 13.2. The van der Waals surface area contributed by atoms with E-state index in [1.165, 1.54) is 46.0 Å². The Kier molecular flexibility index (Phi) is 4.09. The first-order chi connectivity index (χ1) is 12.6. The second-order valence-corrected chi connectivity index (χ2v) is 7.20. The Morgan fingerprint density at radius 1 is 1.15 bits per heavy atom. The van der Waals surface area contributed by atoms with Crippen LogP contribution in [0.5, 0.6) is 0 Å². The van der Waals surface area contributed by atoms with Crippen LogP contribution < -0.4 is 4.90 Å². The fourth-order valence-electron chi connectivity index (χ4n) is 2.78. The lowest BCUT2D eigenvalue weighted by molar-refractivity contribution is -0.132. The SMILES string of the molecule is O=C1C(=O)N(c2nncs2)C(c2cccs2)/C1=C(\O)c1ccc(F)cc1. The van der Waals surface area contributed by atoms with Gasteiger partial charge in [0, 0.05) is 10.4 Å². The van der Waals surface area contributed by atoms with Gasteiger partial charge in [0.2, 0.25) is 5.13 Å². The molecule has 1 fully saturated rings. The average Bonchev–Trinajstić information content (AvgIpc) is 3.37. The number of aliphatic hydroxyl groups is 1. The highest BCUT2D eigenvalue weighted by atomic mass is 32.1. The highest BCUT2D eigenvalue weighted by molar-refractivity contribution is 7.13. The number of carbonyl (C=O) groups excluding carboxylic acids is 2. The van der Waals surface area contributed by atoms with Crippen LogP contribution >= 0.6 is 22.7 Å². The summed E-state index contributed by atoms with van der Waals surface area (Å²) in [6.45, 7) is 0. The lowest BCUT2D eigenvalue weighted by Crippen LogP contribution is -2.29. The van der Waals surface area contributed by atoms with Gasteiger partial charge in [-0.25, -0.2) is 4.39 Å². The maximum absolute atomic E-state index is 13.2. The molecule has 1 aromatic carbocycles. The molecule has 2 aromatic heterocycles. The van der Waals surface area contributed by atoms with Crippen LogP contribution in [0.2, 0.25) is 0 Å². The Hall–Kier alpha value is -2.91. The molecule has 1 amide bonds. The van der Waals surface area contributed by atoms with Crippen LogP contribution in [-0.2, 0) is 9.59 Å². The van der Waals surface area contributed by atoms with Crippen molar-refractivity contribution in [1.82, 2.24) is 10.2 Å². The van der Waals surface area contributed by atoms with Crippen molar-refractivity contribution in [2.75, 3.05) is 4.90 Å². The van der Waals surface area contributed by atoms with Crippen LogP contribution in [0, 0.1) is 5.82 Å². The number of anilines is 1. The number of carbonyl (C=O) groups is 2. The van der Waals surface area contributed by atoms with Gasteiger partial charge in [-0.05, 0) is 35.7 Å². The number of aliphatic hydroxyl groups excluding tert-OH is 1. The van der Waals surface area contributed by atoms with E-state index in [0.717, 1.165) is 11.3 Å². The van der Waals surface area contributed by atoms with Crippen molar-refractivity contribution in [3.8, 4) is 0 Å². The molecule has 130 valence electrons. The second-order valence-electron chi connectivity index (χ2n) is 5.41. The number of nitrogens with zero attached hydrogens (tertiary/aromatic N) is 3. The Bertz CT molecular complexity index is 999. The number of aromatic nitrogens is 2. The van der Waals surface area contributed by atoms with Gasteiger partial charge in [-0.1, -0.05) is 17.4 Å². The number of Topliss-reactive ketones (excluding diaryl/α,β-unsaturated/α-hetero) is 1. The van der Waals surface area contributed by atoms with Gasteiger partial charge in [-0.3, -0.25) is 14.5 Å². The normalized spacial score (nSPS) is 19.3. The lowest BCUT2D eigenvalue weighted by atomic mass is 10.00. The molecule has 4 rings (SSSR count). The summed E-state index contributed by atoms with van der Waals surface area (Å²) >= 11 is 2.47. The van der Waals surface area contributed by atoms with Crippen LogP contribution in [0.15, 0.2) is 52.9 Å². The van der Waals surface area contributed by atoms with Crippen LogP contribution in [0.3, 0.4) is 0 Å². The summed E-state index contributed by atoms with van der Waals surface area (Å²) in [5, 5.41) is 20.4. The van der Waals surface area contributed by atoms with Crippen LogP contribution in [0.1, 0.15) is 16.5 Å². The molecule has 1 unspecified atom stereocenters. The van der Waals surface area contributed by atoms with Crippen molar-refractivity contribution in [2.24, 2.45) is 0 Å². The molecule has 0 aliphatic carbocycles. The number of benzene rings is 1. The zero-order valence-electron chi connectivity index (χ0n) is 13.0. The third-order valence-corrected chi connectivity index (χ3v) is 5.54. The maximum Gasteiger partial charge on any atom is 0.301 e. The molecule has 1 aliphatic heterocycles. The topological polar surface area (TPSA) is 83.4 Å². The molecule has 6 nitrogen and oxygen atoms in total. The molecule has 9 heteroatoms. The molecule has 3 heterocycles. The first kappa shape index (κ1) is 16.6. The second kappa shape index (κ2) is 6.43. The van der Waals surface area contributed by atoms with Crippen molar-refractivity contribution < 1.29 is 19.1 Å². The Morgan fingerprint density at radius 2 is 1.92 bits per heavy atom. The molecule has 3 aromatic rings. The van der Waals surface area contributed by atoms with Gasteiger partial charge < -0.3 is 5.11 Å². The molecule has 0 spiro atoms. The van der Waals surface area contributed by atoms with Gasteiger partial charge >= 0.3 is 5.91 Å². The molecular formula is C17H10FN3O3S2. The highest BCUT2D eigenvalue weighted by Gasteiger charge is 2.48. The molecule has 1 atom stereocenters. The lowest BCUT2D eigenvalue weighted by Gasteiger charge is -2.20. The van der Waals surface area contributed by atoms with E-state index in [2.05, 4.69) is 10.2 Å². The first-order valence-corrected chi connectivity index (χ1v) is 9.20. The van der Waals surface area contributed by atoms with Crippen LogP contribution in [0.4, 0.5) is 9.52 Å². The summed E-state index contributed by atoms with van der Waals surface area (Å²) < 4.78 is 13.2. The first-order valence-electron chi connectivity index (χ1n) is 7.44. The molecule has 0 bridgehead atoms. The number of rotatable bonds is 3. The fraction of sp³-hybridized carbons (Fsp3) is 0.0588. The minimum Gasteiger partial charge on any atom is -0.507 e. The fourth-order valence-corrected chi connectivity index (χ4v) is 4.19. The molecule has 1 N–H and O–H groups in total. The largest absolute Gasteiger partial charge is 0.507 e. The molecule has 26 heavy (non-hydrogen) atoms. The molecule has 0 radical (unpaired) electrons. The van der Waals surface area contributed by atoms with Crippen molar-refractivity contribution in [1.29, 1.82) is 0 Å². The molecule has 0 saturated carbocycles. The van der Waals surface area contributed by atoms with E-state index >= 15 is 0 Å². The summed E-state index contributed by atoms with van der Waals surface area (Å²) in [6, 6.07) is 7.81. The number of ketones is 1. The summed E-state index contributed by atoms with van der Waals surface area (Å²) in [6.07, 6.45) is 0. The number of hydrogen-bond donors (Lipinski definition) is 1. The van der Waals surface area contributed by atoms with Crippen molar-refractivity contribution >= 4 is 45.3 Å². The number of hydrogen-bond acceptors (Lipinski definition) is 7. The van der Waals surface area contributed by atoms with E-state index in [1.54, 1.807) is 12.1 Å². The van der Waals surface area contributed by atoms with E-state index in [-0.39, 0.29) is 22.0 Å². The summed E-state index contributed by atoms with van der Waals surface area (Å²) in [4.78, 5) is 27.2. The van der Waals surface area contributed by atoms with Gasteiger partial charge in [0.15, 0.2) is 0 Å². The van der Waals surface area contributed by atoms with E-state index in [0.29, 0.717) is 4.88 Å². The third kappa shape index (κ3) is 2.61. The van der Waals surface area contributed by atoms with Gasteiger partial charge in [0.25, 0.3) is 5.78 Å². The Balaban J connectivity index is 1.92. The highest BCUT2D eigenvalue weighted by Crippen LogP contribution is 2.43.